The van der Waals surface area contributed by atoms with Gasteiger partial charge >= 0.3 is 6.09 Å². The highest BCUT2D eigenvalue weighted by molar-refractivity contribution is 5.97. The van der Waals surface area contributed by atoms with Crippen molar-refractivity contribution in [3.05, 3.63) is 65.7 Å². The minimum absolute atomic E-state index is 0.00813. The molecular formula is C27H31N3O4. The lowest BCUT2D eigenvalue weighted by molar-refractivity contribution is -0.134. The van der Waals surface area contributed by atoms with Crippen LogP contribution in [0.3, 0.4) is 0 Å². The molecule has 5 rings (SSSR count). The van der Waals surface area contributed by atoms with E-state index in [1.807, 2.05) is 65.3 Å². The molecular weight excluding hydrogens is 430 g/mol. The Labute approximate surface area is 200 Å². The Morgan fingerprint density at radius 2 is 1.59 bits per heavy atom. The minimum Gasteiger partial charge on any atom is -0.439 e. The molecule has 2 aromatic carbocycles. The Bertz CT molecular complexity index is 1060. The molecule has 0 saturated carbocycles. The molecule has 0 spiro atoms. The van der Waals surface area contributed by atoms with Crippen molar-refractivity contribution in [2.45, 2.75) is 57.2 Å². The first-order valence-corrected chi connectivity index (χ1v) is 12.2. The van der Waals surface area contributed by atoms with Gasteiger partial charge in [0.25, 0.3) is 0 Å². The quantitative estimate of drug-likeness (QED) is 0.677. The van der Waals surface area contributed by atoms with Gasteiger partial charge in [-0.05, 0) is 43.4 Å². The number of para-hydroxylation sites is 1. The zero-order valence-corrected chi connectivity index (χ0v) is 19.6. The summed E-state index contributed by atoms with van der Waals surface area (Å²) in [7, 11) is 0. The van der Waals surface area contributed by atoms with Gasteiger partial charge in [-0.15, -0.1) is 0 Å². The molecule has 0 aromatic heterocycles. The number of nitrogens with zero attached hydrogens (tertiary/aromatic N) is 3. The van der Waals surface area contributed by atoms with Crippen LogP contribution >= 0.6 is 0 Å². The molecule has 3 aliphatic heterocycles. The van der Waals surface area contributed by atoms with E-state index in [4.69, 9.17) is 4.74 Å². The number of ether oxygens (including phenoxy) is 1. The smallest absolute Gasteiger partial charge is 0.411 e. The maximum absolute atomic E-state index is 12.8. The zero-order valence-electron chi connectivity index (χ0n) is 19.6. The molecule has 7 nitrogen and oxygen atoms in total. The summed E-state index contributed by atoms with van der Waals surface area (Å²) < 4.78 is 5.70. The molecule has 0 N–H and O–H groups in total. The number of cyclic esters (lactones) is 1. The summed E-state index contributed by atoms with van der Waals surface area (Å²) in [6.45, 7) is 3.90. The van der Waals surface area contributed by atoms with Gasteiger partial charge in [-0.3, -0.25) is 14.5 Å². The molecule has 2 aromatic rings. The fourth-order valence-corrected chi connectivity index (χ4v) is 5.55. The van der Waals surface area contributed by atoms with Crippen molar-refractivity contribution >= 4 is 23.6 Å². The van der Waals surface area contributed by atoms with E-state index in [0.717, 1.165) is 30.5 Å². The number of carbonyl (C=O) groups is 3. The monoisotopic (exact) mass is 461 g/mol. The first-order valence-electron chi connectivity index (χ1n) is 12.2. The van der Waals surface area contributed by atoms with Crippen LogP contribution in [0.2, 0.25) is 0 Å². The molecule has 3 aliphatic rings. The predicted molar refractivity (Wildman–Crippen MR) is 128 cm³/mol. The third kappa shape index (κ3) is 4.27. The maximum Gasteiger partial charge on any atom is 0.411 e. The summed E-state index contributed by atoms with van der Waals surface area (Å²) in [4.78, 5) is 43.7. The molecule has 0 bridgehead atoms. The predicted octanol–water partition coefficient (Wildman–Crippen LogP) is 3.93. The number of anilines is 1. The van der Waals surface area contributed by atoms with Crippen molar-refractivity contribution in [3.63, 3.8) is 0 Å². The number of piperidine rings is 1. The van der Waals surface area contributed by atoms with E-state index >= 15 is 0 Å². The number of benzene rings is 2. The SMILES string of the molecule is CC1C(c2ccccc2)OC(=O)N1C1CCN(C(=O)CCC(=O)N2CCc3ccccc32)CC1. The number of amides is 3. The standard InChI is InChI=1S/C27H31N3O4/c1-19-26(21-8-3-2-4-9-21)34-27(33)30(19)22-14-16-28(17-15-22)24(31)11-12-25(32)29-18-13-20-7-5-6-10-23(20)29/h2-10,19,22,26H,11-18H2,1H3. The number of likely N-dealkylation sites (tertiary alicyclic amines) is 1. The topological polar surface area (TPSA) is 70.2 Å². The highest BCUT2D eigenvalue weighted by atomic mass is 16.6. The maximum atomic E-state index is 12.8. The van der Waals surface area contributed by atoms with Crippen LogP contribution in [-0.4, -0.2) is 59.4 Å². The molecule has 34 heavy (non-hydrogen) atoms. The number of hydrogen-bond donors (Lipinski definition) is 0. The second kappa shape index (κ2) is 9.49. The van der Waals surface area contributed by atoms with Crippen molar-refractivity contribution in [1.82, 2.24) is 9.80 Å². The Morgan fingerprint density at radius 3 is 2.35 bits per heavy atom. The normalized spacial score (nSPS) is 22.6. The van der Waals surface area contributed by atoms with E-state index in [1.165, 1.54) is 5.56 Å². The largest absolute Gasteiger partial charge is 0.439 e. The Balaban J connectivity index is 1.12. The van der Waals surface area contributed by atoms with Gasteiger partial charge in [0.15, 0.2) is 0 Å². The molecule has 3 amide bonds. The molecule has 178 valence electrons. The van der Waals surface area contributed by atoms with E-state index in [-0.39, 0.29) is 48.9 Å². The Morgan fingerprint density at radius 1 is 0.912 bits per heavy atom. The molecule has 2 saturated heterocycles. The first-order chi connectivity index (χ1) is 16.5. The van der Waals surface area contributed by atoms with Crippen molar-refractivity contribution in [1.29, 1.82) is 0 Å². The van der Waals surface area contributed by atoms with Crippen LogP contribution in [0.25, 0.3) is 0 Å². The minimum atomic E-state index is -0.275. The summed E-state index contributed by atoms with van der Waals surface area (Å²) in [6, 6.07) is 17.8. The lowest BCUT2D eigenvalue weighted by atomic mass is 9.98. The molecule has 2 unspecified atom stereocenters. The molecule has 2 atom stereocenters. The van der Waals surface area contributed by atoms with Crippen LogP contribution in [0.4, 0.5) is 10.5 Å². The van der Waals surface area contributed by atoms with Crippen molar-refractivity contribution in [2.24, 2.45) is 0 Å². The highest BCUT2D eigenvalue weighted by Crippen LogP contribution is 2.36. The lowest BCUT2D eigenvalue weighted by Gasteiger charge is -2.37. The van der Waals surface area contributed by atoms with E-state index < -0.39 is 0 Å². The molecule has 2 fully saturated rings. The van der Waals surface area contributed by atoms with Crippen LogP contribution in [0.5, 0.6) is 0 Å². The van der Waals surface area contributed by atoms with Gasteiger partial charge in [-0.2, -0.15) is 0 Å². The number of hydrogen-bond acceptors (Lipinski definition) is 4. The second-order valence-electron chi connectivity index (χ2n) is 9.40. The molecule has 7 heteroatoms. The summed E-state index contributed by atoms with van der Waals surface area (Å²) in [5.74, 6) is 0.0206. The van der Waals surface area contributed by atoms with Gasteiger partial charge in [0.2, 0.25) is 11.8 Å². The first kappa shape index (κ1) is 22.4. The zero-order chi connectivity index (χ0) is 23.7. The summed E-state index contributed by atoms with van der Waals surface area (Å²) in [5.41, 5.74) is 3.17. The van der Waals surface area contributed by atoms with Gasteiger partial charge in [0, 0.05) is 44.2 Å². The van der Waals surface area contributed by atoms with Crippen molar-refractivity contribution in [3.8, 4) is 0 Å². The number of carbonyl (C=O) groups excluding carboxylic acids is 3. The van der Waals surface area contributed by atoms with E-state index in [2.05, 4.69) is 6.07 Å². The van der Waals surface area contributed by atoms with Gasteiger partial charge in [0.05, 0.1) is 6.04 Å². The number of fused-ring (bicyclic) bond motifs is 1. The van der Waals surface area contributed by atoms with Gasteiger partial charge in [-0.25, -0.2) is 4.79 Å². The van der Waals surface area contributed by atoms with Gasteiger partial charge in [-0.1, -0.05) is 48.5 Å². The van der Waals surface area contributed by atoms with Crippen LogP contribution in [0, 0.1) is 0 Å². The lowest BCUT2D eigenvalue weighted by Crippen LogP contribution is -2.49. The number of rotatable bonds is 5. The molecule has 0 aliphatic carbocycles. The third-order valence-electron chi connectivity index (χ3n) is 7.40. The van der Waals surface area contributed by atoms with Crippen molar-refractivity contribution < 1.29 is 19.1 Å². The van der Waals surface area contributed by atoms with Gasteiger partial charge < -0.3 is 14.5 Å². The van der Waals surface area contributed by atoms with E-state index in [9.17, 15) is 14.4 Å². The molecule has 3 heterocycles. The van der Waals surface area contributed by atoms with E-state index in [0.29, 0.717) is 19.6 Å². The van der Waals surface area contributed by atoms with Crippen LogP contribution in [-0.2, 0) is 20.7 Å². The Kier molecular flexibility index (Phi) is 6.26. The average molecular weight is 462 g/mol. The third-order valence-corrected chi connectivity index (χ3v) is 7.40. The second-order valence-corrected chi connectivity index (χ2v) is 9.40. The highest BCUT2D eigenvalue weighted by Gasteiger charge is 2.44. The van der Waals surface area contributed by atoms with Crippen LogP contribution < -0.4 is 4.90 Å². The fraction of sp³-hybridized carbons (Fsp3) is 0.444. The molecule has 0 radical (unpaired) electrons. The summed E-state index contributed by atoms with van der Waals surface area (Å²) in [5, 5.41) is 0. The van der Waals surface area contributed by atoms with E-state index in [1.54, 1.807) is 4.90 Å². The Hall–Kier alpha value is -3.35. The van der Waals surface area contributed by atoms with Gasteiger partial charge in [0.1, 0.15) is 6.10 Å². The van der Waals surface area contributed by atoms with Crippen LogP contribution in [0.1, 0.15) is 49.8 Å². The fourth-order valence-electron chi connectivity index (χ4n) is 5.55. The van der Waals surface area contributed by atoms with Crippen molar-refractivity contribution in [2.75, 3.05) is 24.5 Å². The summed E-state index contributed by atoms with van der Waals surface area (Å²) in [6.07, 6.45) is 2.21. The van der Waals surface area contributed by atoms with Crippen LogP contribution in [0.15, 0.2) is 54.6 Å². The average Bonchev–Trinajstić information content (AvgIpc) is 3.43. The summed E-state index contributed by atoms with van der Waals surface area (Å²) >= 11 is 0.